The maximum atomic E-state index is 6.65. The second-order valence-corrected chi connectivity index (χ2v) is 14.8. The van der Waals surface area contributed by atoms with E-state index in [-0.39, 0.29) is 5.92 Å². The first-order chi connectivity index (χ1) is 27.3. The number of hydrogen-bond donors (Lipinski definition) is 0. The quantitative estimate of drug-likeness (QED) is 0.184. The van der Waals surface area contributed by atoms with E-state index < -0.39 is 0 Å². The van der Waals surface area contributed by atoms with E-state index >= 15 is 0 Å². The van der Waals surface area contributed by atoms with Crippen molar-refractivity contribution in [1.29, 1.82) is 0 Å². The zero-order valence-corrected chi connectivity index (χ0v) is 29.6. The number of para-hydroxylation sites is 3. The minimum Gasteiger partial charge on any atom is -0.452 e. The Labute approximate surface area is 314 Å². The molecule has 5 aromatic heterocycles. The van der Waals surface area contributed by atoms with Gasteiger partial charge in [0.15, 0.2) is 5.58 Å². The molecule has 0 spiro atoms. The van der Waals surface area contributed by atoms with Gasteiger partial charge in [0.25, 0.3) is 0 Å². The van der Waals surface area contributed by atoms with Gasteiger partial charge in [0.1, 0.15) is 11.1 Å². The molecular formula is C50H30N4O. The minimum absolute atomic E-state index is 0.0105. The van der Waals surface area contributed by atoms with E-state index in [4.69, 9.17) is 14.4 Å². The summed E-state index contributed by atoms with van der Waals surface area (Å²) in [6, 6.07) is 52.1. The maximum Gasteiger partial charge on any atom is 0.235 e. The number of rotatable bonds is 3. The van der Waals surface area contributed by atoms with Crippen LogP contribution in [0.2, 0.25) is 0 Å². The number of furan rings is 1. The summed E-state index contributed by atoms with van der Waals surface area (Å²) in [6.45, 7) is 0. The number of fused-ring (bicyclic) bond motifs is 15. The summed E-state index contributed by atoms with van der Waals surface area (Å²) in [6.07, 6.45) is 7.66. The van der Waals surface area contributed by atoms with E-state index in [9.17, 15) is 0 Å². The Hall–Kier alpha value is -7.24. The van der Waals surface area contributed by atoms with E-state index in [1.165, 1.54) is 70.8 Å². The van der Waals surface area contributed by atoms with Crippen molar-refractivity contribution in [3.8, 4) is 5.95 Å². The van der Waals surface area contributed by atoms with Crippen LogP contribution < -0.4 is 0 Å². The highest BCUT2D eigenvalue weighted by molar-refractivity contribution is 6.37. The second kappa shape index (κ2) is 10.7. The number of aromatic nitrogens is 4. The molecule has 7 aromatic carbocycles. The van der Waals surface area contributed by atoms with Gasteiger partial charge in [-0.15, -0.1) is 0 Å². The van der Waals surface area contributed by atoms with Gasteiger partial charge in [-0.1, -0.05) is 133 Å². The van der Waals surface area contributed by atoms with E-state index in [2.05, 4.69) is 161 Å². The van der Waals surface area contributed by atoms with Crippen LogP contribution in [0.25, 0.3) is 104 Å². The molecule has 0 fully saturated rings. The van der Waals surface area contributed by atoms with Crippen molar-refractivity contribution in [2.45, 2.75) is 12.3 Å². The van der Waals surface area contributed by atoms with Crippen molar-refractivity contribution < 1.29 is 4.42 Å². The molecule has 0 saturated heterocycles. The monoisotopic (exact) mass is 702 g/mol. The van der Waals surface area contributed by atoms with Crippen molar-refractivity contribution in [3.05, 3.63) is 175 Å². The molecule has 256 valence electrons. The molecular weight excluding hydrogens is 673 g/mol. The van der Waals surface area contributed by atoms with Crippen molar-refractivity contribution >= 4 is 98.3 Å². The molecule has 5 heterocycles. The van der Waals surface area contributed by atoms with Crippen LogP contribution in [0.3, 0.4) is 0 Å². The number of benzene rings is 7. The van der Waals surface area contributed by atoms with Gasteiger partial charge in [-0.2, -0.15) is 0 Å². The average molecular weight is 703 g/mol. The number of allylic oxidation sites excluding steroid dienone is 4. The zero-order valence-electron chi connectivity index (χ0n) is 29.6. The lowest BCUT2D eigenvalue weighted by molar-refractivity contribution is 0.648. The van der Waals surface area contributed by atoms with Gasteiger partial charge in [-0.25, -0.2) is 9.97 Å². The molecule has 5 heteroatoms. The third-order valence-electron chi connectivity index (χ3n) is 12.0. The molecule has 1 atom stereocenters. The smallest absolute Gasteiger partial charge is 0.235 e. The van der Waals surface area contributed by atoms with E-state index in [0.717, 1.165) is 45.2 Å². The molecule has 0 N–H and O–H groups in total. The largest absolute Gasteiger partial charge is 0.452 e. The highest BCUT2D eigenvalue weighted by Gasteiger charge is 2.28. The summed E-state index contributed by atoms with van der Waals surface area (Å²) < 4.78 is 11.5. The zero-order chi connectivity index (χ0) is 35.8. The third kappa shape index (κ3) is 3.86. The summed E-state index contributed by atoms with van der Waals surface area (Å²) >= 11 is 0. The van der Waals surface area contributed by atoms with Gasteiger partial charge >= 0.3 is 0 Å². The highest BCUT2D eigenvalue weighted by Crippen LogP contribution is 2.48. The summed E-state index contributed by atoms with van der Waals surface area (Å²) in [5.41, 5.74) is 11.6. The fourth-order valence-electron chi connectivity index (χ4n) is 9.60. The second-order valence-electron chi connectivity index (χ2n) is 14.8. The van der Waals surface area contributed by atoms with E-state index in [1.54, 1.807) is 0 Å². The predicted molar refractivity (Wildman–Crippen MR) is 227 cm³/mol. The molecule has 0 aliphatic heterocycles. The molecule has 0 bridgehead atoms. The third-order valence-corrected chi connectivity index (χ3v) is 12.0. The van der Waals surface area contributed by atoms with Crippen molar-refractivity contribution in [1.82, 2.24) is 18.9 Å². The Morgan fingerprint density at radius 2 is 1.29 bits per heavy atom. The van der Waals surface area contributed by atoms with Crippen molar-refractivity contribution in [2.24, 2.45) is 0 Å². The Kier molecular flexibility index (Phi) is 5.68. The molecule has 0 radical (unpaired) electrons. The molecule has 0 saturated carbocycles. The number of hydrogen-bond acceptors (Lipinski definition) is 3. The normalized spacial score (nSPS) is 15.1. The summed E-state index contributed by atoms with van der Waals surface area (Å²) in [5, 5.41) is 10.7. The Balaban J connectivity index is 1.19. The minimum atomic E-state index is 0.0105. The molecule has 5 nitrogen and oxygen atoms in total. The lowest BCUT2D eigenvalue weighted by Crippen LogP contribution is -2.08. The molecule has 12 aromatic rings. The van der Waals surface area contributed by atoms with Gasteiger partial charge in [-0.3, -0.25) is 4.57 Å². The SMILES string of the molecule is C1=CC(c2nc(-n3c4cc5c6ccccc6n6c7ccccc7c(c4c4ccc7ccccc7c43)c56)nc3c2oc2ccccc23)CC=C1c1ccccc1. The lowest BCUT2D eigenvalue weighted by atomic mass is 9.90. The van der Waals surface area contributed by atoms with Gasteiger partial charge in [0, 0.05) is 49.0 Å². The van der Waals surface area contributed by atoms with Gasteiger partial charge < -0.3 is 8.82 Å². The van der Waals surface area contributed by atoms with Gasteiger partial charge in [0.2, 0.25) is 5.95 Å². The molecule has 1 aliphatic carbocycles. The van der Waals surface area contributed by atoms with Crippen LogP contribution in [-0.4, -0.2) is 18.9 Å². The first-order valence-electron chi connectivity index (χ1n) is 19.0. The molecule has 55 heavy (non-hydrogen) atoms. The summed E-state index contributed by atoms with van der Waals surface area (Å²) in [5.74, 6) is 0.662. The van der Waals surface area contributed by atoms with Gasteiger partial charge in [-0.05, 0) is 53.3 Å². The molecule has 1 aliphatic rings. The number of nitrogens with zero attached hydrogens (tertiary/aromatic N) is 4. The summed E-state index contributed by atoms with van der Waals surface area (Å²) in [4.78, 5) is 11.1. The van der Waals surface area contributed by atoms with Crippen LogP contribution in [0.5, 0.6) is 0 Å². The highest BCUT2D eigenvalue weighted by atomic mass is 16.3. The van der Waals surface area contributed by atoms with E-state index in [0.29, 0.717) is 5.95 Å². The fourth-order valence-corrected chi connectivity index (χ4v) is 9.60. The Morgan fingerprint density at radius 3 is 2.13 bits per heavy atom. The topological polar surface area (TPSA) is 48.3 Å². The predicted octanol–water partition coefficient (Wildman–Crippen LogP) is 12.9. The maximum absolute atomic E-state index is 6.65. The van der Waals surface area contributed by atoms with Crippen LogP contribution in [0.15, 0.2) is 168 Å². The fraction of sp³-hybridized carbons (Fsp3) is 0.0400. The average Bonchev–Trinajstić information content (AvgIpc) is 3.99. The van der Waals surface area contributed by atoms with Crippen LogP contribution in [0, 0.1) is 0 Å². The summed E-state index contributed by atoms with van der Waals surface area (Å²) in [7, 11) is 0. The Bertz CT molecular complexity index is 3640. The van der Waals surface area contributed by atoms with Crippen molar-refractivity contribution in [2.75, 3.05) is 0 Å². The van der Waals surface area contributed by atoms with Crippen LogP contribution in [0.4, 0.5) is 0 Å². The standard InChI is InChI=1S/C50H30N4O/c1-2-12-29(13-3-1)30-22-24-32(25-23-30)45-49-46(36-18-8-11-21-42(36)55-49)52-50(51-45)54-41-28-38-34-16-6-9-19-39(34)53-40-20-10-7-17-35(40)44(48(38)53)43(41)37-27-26-31-14-4-5-15-33(31)47(37)54/h1-24,26-28,32H,25H2. The van der Waals surface area contributed by atoms with Crippen molar-refractivity contribution in [3.63, 3.8) is 0 Å². The van der Waals surface area contributed by atoms with E-state index in [1.807, 2.05) is 12.1 Å². The van der Waals surface area contributed by atoms with Crippen LogP contribution in [0.1, 0.15) is 23.6 Å². The van der Waals surface area contributed by atoms with Crippen LogP contribution >= 0.6 is 0 Å². The van der Waals surface area contributed by atoms with Gasteiger partial charge in [0.05, 0.1) is 33.3 Å². The van der Waals surface area contributed by atoms with Crippen LogP contribution in [-0.2, 0) is 0 Å². The lowest BCUT2D eigenvalue weighted by Gasteiger charge is -2.18. The first-order valence-corrected chi connectivity index (χ1v) is 19.0. The molecule has 1 unspecified atom stereocenters. The molecule has 0 amide bonds. The Morgan fingerprint density at radius 1 is 0.564 bits per heavy atom. The first kappa shape index (κ1) is 29.2. The molecule has 13 rings (SSSR count).